The molecule has 3 rings (SSSR count). The normalized spacial score (nSPS) is 19.9. The number of pyridine rings is 1. The summed E-state index contributed by atoms with van der Waals surface area (Å²) >= 11 is 0. The molecule has 0 saturated heterocycles. The van der Waals surface area contributed by atoms with E-state index >= 15 is 0 Å². The summed E-state index contributed by atoms with van der Waals surface area (Å²) in [4.78, 5) is 17.6. The molecule has 0 bridgehead atoms. The number of anilines is 1. The number of amides is 1. The van der Waals surface area contributed by atoms with E-state index in [-0.39, 0.29) is 5.91 Å². The average molecular weight is 272 g/mol. The second kappa shape index (κ2) is 4.80. The molecule has 2 heterocycles. The van der Waals surface area contributed by atoms with Crippen molar-refractivity contribution in [3.63, 3.8) is 0 Å². The molecular formula is C15H16N2O3. The molecule has 1 N–H and O–H groups in total. The number of rotatable bonds is 0. The topological polar surface area (TPSA) is 62.7 Å². The Morgan fingerprint density at radius 1 is 1.45 bits per heavy atom. The largest absolute Gasteiger partial charge is 0.489 e. The maximum atomic E-state index is 11.8. The van der Waals surface area contributed by atoms with Crippen LogP contribution in [-0.2, 0) is 4.79 Å². The summed E-state index contributed by atoms with van der Waals surface area (Å²) in [5.41, 5.74) is -0.318. The van der Waals surface area contributed by atoms with Gasteiger partial charge in [0.25, 0.3) is 0 Å². The van der Waals surface area contributed by atoms with Crippen molar-refractivity contribution < 1.29 is 14.6 Å². The van der Waals surface area contributed by atoms with E-state index in [2.05, 4.69) is 16.8 Å². The summed E-state index contributed by atoms with van der Waals surface area (Å²) in [6.45, 7) is 0.364. The molecule has 1 aromatic rings. The van der Waals surface area contributed by atoms with E-state index in [1.807, 2.05) is 0 Å². The molecule has 0 atom stereocenters. The van der Waals surface area contributed by atoms with Gasteiger partial charge in [0.15, 0.2) is 11.6 Å². The zero-order valence-corrected chi connectivity index (χ0v) is 11.3. The van der Waals surface area contributed by atoms with Gasteiger partial charge in [-0.25, -0.2) is 4.98 Å². The minimum atomic E-state index is -0.854. The van der Waals surface area contributed by atoms with Gasteiger partial charge in [0.05, 0.1) is 13.0 Å². The van der Waals surface area contributed by atoms with Gasteiger partial charge in [0.2, 0.25) is 5.91 Å². The Morgan fingerprint density at radius 3 is 2.95 bits per heavy atom. The molecular weight excluding hydrogens is 256 g/mol. The van der Waals surface area contributed by atoms with Crippen LogP contribution in [-0.4, -0.2) is 35.3 Å². The van der Waals surface area contributed by atoms with Crippen molar-refractivity contribution in [2.24, 2.45) is 0 Å². The van der Waals surface area contributed by atoms with Crippen LogP contribution in [0.1, 0.15) is 31.4 Å². The highest BCUT2D eigenvalue weighted by molar-refractivity contribution is 5.93. The number of carbonyl (C=O) groups is 1. The Kier molecular flexibility index (Phi) is 3.11. The van der Waals surface area contributed by atoms with Crippen molar-refractivity contribution in [2.45, 2.75) is 31.3 Å². The Morgan fingerprint density at radius 2 is 2.25 bits per heavy atom. The van der Waals surface area contributed by atoms with Crippen molar-refractivity contribution in [3.05, 3.63) is 17.8 Å². The van der Waals surface area contributed by atoms with Gasteiger partial charge in [-0.15, -0.1) is 0 Å². The monoisotopic (exact) mass is 272 g/mol. The summed E-state index contributed by atoms with van der Waals surface area (Å²) in [6, 6.07) is 3.52. The fraction of sp³-hybridized carbons (Fsp3) is 0.467. The number of carbonyl (C=O) groups excluding carboxylic acids is 1. The predicted octanol–water partition coefficient (Wildman–Crippen LogP) is 1.09. The lowest BCUT2D eigenvalue weighted by atomic mass is 9.81. The van der Waals surface area contributed by atoms with Crippen molar-refractivity contribution in [3.8, 4) is 17.6 Å². The third-order valence-corrected chi connectivity index (χ3v) is 3.71. The molecule has 104 valence electrons. The third-order valence-electron chi connectivity index (χ3n) is 3.71. The van der Waals surface area contributed by atoms with Crippen molar-refractivity contribution in [2.75, 3.05) is 18.6 Å². The van der Waals surface area contributed by atoms with E-state index in [0.717, 1.165) is 6.42 Å². The number of nitrogens with zero attached hydrogens (tertiary/aromatic N) is 2. The van der Waals surface area contributed by atoms with Crippen LogP contribution in [0, 0.1) is 11.8 Å². The van der Waals surface area contributed by atoms with Crippen LogP contribution in [0.2, 0.25) is 0 Å². The quantitative estimate of drug-likeness (QED) is 0.718. The van der Waals surface area contributed by atoms with Gasteiger partial charge in [-0.2, -0.15) is 0 Å². The molecule has 20 heavy (non-hydrogen) atoms. The molecule has 0 spiro atoms. The SMILES string of the molecule is CN1C(=O)CCOc2ccc(C#CC3(O)CCC3)nc21. The second-order valence-corrected chi connectivity index (χ2v) is 5.20. The van der Waals surface area contributed by atoms with Gasteiger partial charge in [0.1, 0.15) is 11.3 Å². The number of aliphatic hydroxyl groups is 1. The minimum Gasteiger partial charge on any atom is -0.489 e. The fourth-order valence-electron chi connectivity index (χ4n) is 2.21. The van der Waals surface area contributed by atoms with E-state index < -0.39 is 5.60 Å². The highest BCUT2D eigenvalue weighted by atomic mass is 16.5. The van der Waals surface area contributed by atoms with E-state index in [1.165, 1.54) is 4.90 Å². The van der Waals surface area contributed by atoms with E-state index in [0.29, 0.717) is 43.1 Å². The van der Waals surface area contributed by atoms with Crippen molar-refractivity contribution in [1.29, 1.82) is 0 Å². The molecule has 1 aromatic heterocycles. The lowest BCUT2D eigenvalue weighted by Crippen LogP contribution is -2.34. The summed E-state index contributed by atoms with van der Waals surface area (Å²) in [6.07, 6.45) is 2.78. The lowest BCUT2D eigenvalue weighted by molar-refractivity contribution is -0.118. The maximum Gasteiger partial charge on any atom is 0.231 e. The predicted molar refractivity (Wildman–Crippen MR) is 73.4 cm³/mol. The zero-order chi connectivity index (χ0) is 14.2. The van der Waals surface area contributed by atoms with Crippen LogP contribution >= 0.6 is 0 Å². The zero-order valence-electron chi connectivity index (χ0n) is 11.3. The molecule has 2 aliphatic rings. The molecule has 0 radical (unpaired) electrons. The van der Waals surface area contributed by atoms with Gasteiger partial charge in [-0.1, -0.05) is 5.92 Å². The third kappa shape index (κ3) is 2.35. The lowest BCUT2D eigenvalue weighted by Gasteiger charge is -2.30. The van der Waals surface area contributed by atoms with Crippen molar-refractivity contribution >= 4 is 11.7 Å². The number of ether oxygens (including phenoxy) is 1. The first-order chi connectivity index (χ1) is 9.57. The van der Waals surface area contributed by atoms with Crippen LogP contribution in [0.4, 0.5) is 5.82 Å². The number of hydrogen-bond acceptors (Lipinski definition) is 4. The van der Waals surface area contributed by atoms with Gasteiger partial charge in [-0.05, 0) is 37.3 Å². The van der Waals surface area contributed by atoms with Crippen LogP contribution in [0.3, 0.4) is 0 Å². The summed E-state index contributed by atoms with van der Waals surface area (Å²) in [5, 5.41) is 9.96. The molecule has 1 aliphatic heterocycles. The highest BCUT2D eigenvalue weighted by Crippen LogP contribution is 2.31. The number of hydrogen-bond donors (Lipinski definition) is 1. The Bertz CT molecular complexity index is 611. The van der Waals surface area contributed by atoms with Crippen LogP contribution < -0.4 is 9.64 Å². The summed E-state index contributed by atoms with van der Waals surface area (Å²) in [7, 11) is 1.68. The molecule has 0 unspecified atom stereocenters. The van der Waals surface area contributed by atoms with E-state index in [4.69, 9.17) is 4.74 Å². The molecule has 1 saturated carbocycles. The minimum absolute atomic E-state index is 0.0287. The second-order valence-electron chi connectivity index (χ2n) is 5.20. The van der Waals surface area contributed by atoms with Crippen LogP contribution in [0.5, 0.6) is 5.75 Å². The van der Waals surface area contributed by atoms with Crippen LogP contribution in [0.25, 0.3) is 0 Å². The molecule has 1 fully saturated rings. The molecule has 1 aliphatic carbocycles. The fourth-order valence-corrected chi connectivity index (χ4v) is 2.21. The van der Waals surface area contributed by atoms with Crippen molar-refractivity contribution in [1.82, 2.24) is 4.98 Å². The molecule has 5 heteroatoms. The first-order valence-corrected chi connectivity index (χ1v) is 6.73. The van der Waals surface area contributed by atoms with Gasteiger partial charge < -0.3 is 9.84 Å². The molecule has 5 nitrogen and oxygen atoms in total. The Hall–Kier alpha value is -2.06. The standard InChI is InChI=1S/C15H16N2O3/c1-17-13(18)6-10-20-12-4-3-11(16-14(12)17)5-9-15(19)7-2-8-15/h3-4,19H,2,6-8,10H2,1H3. The van der Waals surface area contributed by atoms with Gasteiger partial charge >= 0.3 is 0 Å². The molecule has 0 aromatic carbocycles. The average Bonchev–Trinajstić information content (AvgIpc) is 2.55. The summed E-state index contributed by atoms with van der Waals surface area (Å²) < 4.78 is 5.50. The van der Waals surface area contributed by atoms with E-state index in [9.17, 15) is 9.90 Å². The number of fused-ring (bicyclic) bond motifs is 1. The summed E-state index contributed by atoms with van der Waals surface area (Å²) in [5.74, 6) is 6.79. The first kappa shape index (κ1) is 12.9. The first-order valence-electron chi connectivity index (χ1n) is 6.73. The number of aromatic nitrogens is 1. The van der Waals surface area contributed by atoms with E-state index in [1.54, 1.807) is 19.2 Å². The Balaban J connectivity index is 1.91. The smallest absolute Gasteiger partial charge is 0.231 e. The van der Waals surface area contributed by atoms with Crippen LogP contribution in [0.15, 0.2) is 12.1 Å². The van der Waals surface area contributed by atoms with Gasteiger partial charge in [-0.3, -0.25) is 9.69 Å². The molecule has 1 amide bonds. The maximum absolute atomic E-state index is 11.8. The highest BCUT2D eigenvalue weighted by Gasteiger charge is 2.32. The van der Waals surface area contributed by atoms with Gasteiger partial charge in [0, 0.05) is 7.05 Å². The Labute approximate surface area is 117 Å².